The van der Waals surface area contributed by atoms with Gasteiger partial charge in [-0.3, -0.25) is 0 Å². The number of aliphatic hydroxyl groups is 1. The lowest BCUT2D eigenvalue weighted by molar-refractivity contribution is 0.296. The summed E-state index contributed by atoms with van der Waals surface area (Å²) in [6, 6.07) is 4.73. The van der Waals surface area contributed by atoms with E-state index in [1.54, 1.807) is 19.1 Å². The van der Waals surface area contributed by atoms with Crippen molar-refractivity contribution in [2.45, 2.75) is 13.3 Å². The first-order valence-corrected chi connectivity index (χ1v) is 4.50. The quantitative estimate of drug-likeness (QED) is 0.643. The highest BCUT2D eigenvalue weighted by Crippen LogP contribution is 2.35. The van der Waals surface area contributed by atoms with Crippen LogP contribution in [0.2, 0.25) is 0 Å². The van der Waals surface area contributed by atoms with Gasteiger partial charge >= 0.3 is 0 Å². The minimum Gasteiger partial charge on any atom is -0.512 e. The van der Waals surface area contributed by atoms with Gasteiger partial charge in [0.25, 0.3) is 0 Å². The third-order valence-corrected chi connectivity index (χ3v) is 2.33. The maximum atomic E-state index is 13.3. The first-order valence-electron chi connectivity index (χ1n) is 4.50. The minimum absolute atomic E-state index is 0.236. The van der Waals surface area contributed by atoms with Crippen molar-refractivity contribution < 1.29 is 14.2 Å². The van der Waals surface area contributed by atoms with Crippen LogP contribution in [0.25, 0.3) is 5.57 Å². The van der Waals surface area contributed by atoms with Crippen molar-refractivity contribution in [1.82, 2.24) is 0 Å². The van der Waals surface area contributed by atoms with Crippen LogP contribution < -0.4 is 4.74 Å². The number of ether oxygens (including phenoxy) is 1. The summed E-state index contributed by atoms with van der Waals surface area (Å²) in [4.78, 5) is 0. The zero-order valence-electron chi connectivity index (χ0n) is 7.88. The lowest BCUT2D eigenvalue weighted by Crippen LogP contribution is -2.10. The average molecular weight is 194 g/mol. The Morgan fingerprint density at radius 2 is 2.29 bits per heavy atom. The summed E-state index contributed by atoms with van der Waals surface area (Å²) in [5.41, 5.74) is 1.43. The molecule has 0 aromatic heterocycles. The van der Waals surface area contributed by atoms with Gasteiger partial charge in [-0.1, -0.05) is 12.1 Å². The van der Waals surface area contributed by atoms with E-state index in [9.17, 15) is 9.50 Å². The Kier molecular flexibility index (Phi) is 2.15. The fourth-order valence-electron chi connectivity index (χ4n) is 1.66. The van der Waals surface area contributed by atoms with Crippen LogP contribution in [0.1, 0.15) is 18.9 Å². The smallest absolute Gasteiger partial charge is 0.165 e. The molecule has 0 saturated carbocycles. The molecule has 0 saturated heterocycles. The van der Waals surface area contributed by atoms with Crippen LogP contribution in [-0.2, 0) is 0 Å². The molecule has 1 N–H and O–H groups in total. The summed E-state index contributed by atoms with van der Waals surface area (Å²) in [6.45, 7) is 2.02. The SMILES string of the molecule is C/C(O)=C1/CCOc2c(F)cccc21. The van der Waals surface area contributed by atoms with Crippen molar-refractivity contribution in [1.29, 1.82) is 0 Å². The second kappa shape index (κ2) is 3.33. The molecule has 0 atom stereocenters. The van der Waals surface area contributed by atoms with E-state index in [2.05, 4.69) is 0 Å². The molecule has 2 nitrogen and oxygen atoms in total. The van der Waals surface area contributed by atoms with E-state index in [0.717, 1.165) is 5.57 Å². The molecule has 0 spiro atoms. The molecule has 0 bridgehead atoms. The van der Waals surface area contributed by atoms with Crippen LogP contribution in [0.3, 0.4) is 0 Å². The number of rotatable bonds is 0. The van der Waals surface area contributed by atoms with Gasteiger partial charge in [-0.2, -0.15) is 0 Å². The van der Waals surface area contributed by atoms with Gasteiger partial charge < -0.3 is 9.84 Å². The highest BCUT2D eigenvalue weighted by Gasteiger charge is 2.20. The average Bonchev–Trinajstić information content (AvgIpc) is 2.17. The number of fused-ring (bicyclic) bond motifs is 1. The lowest BCUT2D eigenvalue weighted by atomic mass is 9.98. The van der Waals surface area contributed by atoms with Crippen LogP contribution >= 0.6 is 0 Å². The number of aliphatic hydroxyl groups excluding tert-OH is 1. The highest BCUT2D eigenvalue weighted by molar-refractivity contribution is 5.73. The molecular weight excluding hydrogens is 183 g/mol. The van der Waals surface area contributed by atoms with Gasteiger partial charge in [-0.25, -0.2) is 4.39 Å². The number of halogens is 1. The van der Waals surface area contributed by atoms with E-state index in [4.69, 9.17) is 4.74 Å². The van der Waals surface area contributed by atoms with Crippen molar-refractivity contribution in [3.8, 4) is 5.75 Å². The lowest BCUT2D eigenvalue weighted by Gasteiger charge is -2.20. The third kappa shape index (κ3) is 1.35. The molecule has 1 aromatic rings. The van der Waals surface area contributed by atoms with E-state index in [1.165, 1.54) is 6.07 Å². The molecule has 0 radical (unpaired) electrons. The first-order chi connectivity index (χ1) is 6.70. The van der Waals surface area contributed by atoms with Gasteiger partial charge in [0.2, 0.25) is 0 Å². The zero-order valence-corrected chi connectivity index (χ0v) is 7.88. The Hall–Kier alpha value is -1.51. The molecule has 74 valence electrons. The molecule has 0 fully saturated rings. The minimum atomic E-state index is -0.374. The zero-order chi connectivity index (χ0) is 10.1. The number of hydrogen-bond acceptors (Lipinski definition) is 2. The number of hydrogen-bond donors (Lipinski definition) is 1. The largest absolute Gasteiger partial charge is 0.512 e. The Balaban J connectivity index is 2.62. The van der Waals surface area contributed by atoms with Gasteiger partial charge in [0, 0.05) is 17.6 Å². The predicted molar refractivity (Wildman–Crippen MR) is 51.7 cm³/mol. The molecule has 3 heteroatoms. The first kappa shape index (κ1) is 9.06. The van der Waals surface area contributed by atoms with Gasteiger partial charge in [-0.05, 0) is 13.0 Å². The van der Waals surface area contributed by atoms with Crippen LogP contribution in [0, 0.1) is 5.82 Å². The molecule has 1 aromatic carbocycles. The third-order valence-electron chi connectivity index (χ3n) is 2.33. The normalized spacial score (nSPS) is 18.4. The molecule has 0 aliphatic carbocycles. The molecule has 2 rings (SSSR count). The fraction of sp³-hybridized carbons (Fsp3) is 0.273. The second-order valence-electron chi connectivity index (χ2n) is 3.28. The summed E-state index contributed by atoms with van der Waals surface area (Å²) >= 11 is 0. The predicted octanol–water partition coefficient (Wildman–Crippen LogP) is 2.90. The Labute approximate surface area is 81.6 Å². The highest BCUT2D eigenvalue weighted by atomic mass is 19.1. The summed E-state index contributed by atoms with van der Waals surface area (Å²) < 4.78 is 18.5. The molecular formula is C11H11FO2. The van der Waals surface area contributed by atoms with E-state index in [1.807, 2.05) is 0 Å². The summed E-state index contributed by atoms with van der Waals surface area (Å²) in [7, 11) is 0. The van der Waals surface area contributed by atoms with Crippen LogP contribution in [-0.4, -0.2) is 11.7 Å². The van der Waals surface area contributed by atoms with E-state index < -0.39 is 0 Å². The topological polar surface area (TPSA) is 29.5 Å². The van der Waals surface area contributed by atoms with E-state index in [0.29, 0.717) is 18.6 Å². The van der Waals surface area contributed by atoms with Crippen molar-refractivity contribution in [3.05, 3.63) is 35.3 Å². The van der Waals surface area contributed by atoms with Crippen LogP contribution in [0.5, 0.6) is 5.75 Å². The Morgan fingerprint density at radius 3 is 3.00 bits per heavy atom. The monoisotopic (exact) mass is 194 g/mol. The Morgan fingerprint density at radius 1 is 1.50 bits per heavy atom. The molecule has 14 heavy (non-hydrogen) atoms. The number of benzene rings is 1. The van der Waals surface area contributed by atoms with Crippen molar-refractivity contribution >= 4 is 5.57 Å². The van der Waals surface area contributed by atoms with Crippen molar-refractivity contribution in [2.75, 3.05) is 6.61 Å². The van der Waals surface area contributed by atoms with Crippen molar-refractivity contribution in [3.63, 3.8) is 0 Å². The fourth-order valence-corrected chi connectivity index (χ4v) is 1.66. The number of allylic oxidation sites excluding steroid dienone is 1. The molecule has 0 unspecified atom stereocenters. The Bertz CT molecular complexity index is 392. The van der Waals surface area contributed by atoms with Gasteiger partial charge in [0.1, 0.15) is 0 Å². The standard InChI is InChI=1S/C11H11FO2/c1-7(13)8-5-6-14-11-9(8)3-2-4-10(11)12/h2-4,13H,5-6H2,1H3/b8-7+. The molecule has 1 heterocycles. The summed E-state index contributed by atoms with van der Waals surface area (Å²) in [5, 5.41) is 9.42. The molecule has 0 amide bonds. The van der Waals surface area contributed by atoms with Gasteiger partial charge in [-0.15, -0.1) is 0 Å². The summed E-state index contributed by atoms with van der Waals surface area (Å²) in [6.07, 6.45) is 0.624. The maximum absolute atomic E-state index is 13.3. The summed E-state index contributed by atoms with van der Waals surface area (Å²) in [5.74, 6) is 0.114. The molecule has 1 aliphatic rings. The molecule has 1 aliphatic heterocycles. The van der Waals surface area contributed by atoms with Crippen LogP contribution in [0.15, 0.2) is 24.0 Å². The van der Waals surface area contributed by atoms with Crippen LogP contribution in [0.4, 0.5) is 4.39 Å². The van der Waals surface area contributed by atoms with E-state index in [-0.39, 0.29) is 17.3 Å². The van der Waals surface area contributed by atoms with E-state index >= 15 is 0 Å². The maximum Gasteiger partial charge on any atom is 0.165 e. The second-order valence-corrected chi connectivity index (χ2v) is 3.28. The van der Waals surface area contributed by atoms with Gasteiger partial charge in [0.15, 0.2) is 11.6 Å². The number of para-hydroxylation sites is 1. The van der Waals surface area contributed by atoms with Gasteiger partial charge in [0.05, 0.1) is 12.4 Å². The van der Waals surface area contributed by atoms with Crippen molar-refractivity contribution in [2.24, 2.45) is 0 Å².